The lowest BCUT2D eigenvalue weighted by Crippen LogP contribution is -2.14. The van der Waals surface area contributed by atoms with Crippen molar-refractivity contribution < 1.29 is 9.59 Å². The minimum absolute atomic E-state index is 0.157. The van der Waals surface area contributed by atoms with Crippen molar-refractivity contribution in [1.82, 2.24) is 0 Å². The van der Waals surface area contributed by atoms with Gasteiger partial charge in [-0.25, -0.2) is 0 Å². The molecule has 0 saturated heterocycles. The Labute approximate surface area is 131 Å². The number of hydrogen-bond donors (Lipinski definition) is 2. The number of halogens is 1. The minimum Gasteiger partial charge on any atom is -0.369 e. The third-order valence-electron chi connectivity index (χ3n) is 2.59. The molecule has 2 aromatic carbocycles. The van der Waals surface area contributed by atoms with Gasteiger partial charge in [-0.15, -0.1) is 11.8 Å². The van der Waals surface area contributed by atoms with Gasteiger partial charge in [0.05, 0.1) is 11.4 Å². The van der Waals surface area contributed by atoms with Gasteiger partial charge in [0.15, 0.2) is 0 Å². The number of carbonyl (C=O) groups is 2. The highest BCUT2D eigenvalue weighted by Gasteiger charge is 2.10. The zero-order valence-electron chi connectivity index (χ0n) is 11.0. The highest BCUT2D eigenvalue weighted by Crippen LogP contribution is 2.27. The van der Waals surface area contributed by atoms with E-state index in [1.807, 2.05) is 18.2 Å². The quantitative estimate of drug-likeness (QED) is 0.831. The number of primary amides is 1. The van der Waals surface area contributed by atoms with Gasteiger partial charge in [-0.3, -0.25) is 9.59 Å². The fraction of sp³-hybridized carbons (Fsp3) is 0.0667. The number of thioether (sulfide) groups is 1. The predicted octanol–water partition coefficient (Wildman–Crippen LogP) is 3.17. The number of rotatable bonds is 5. The third kappa shape index (κ3) is 4.51. The first-order valence-electron chi connectivity index (χ1n) is 6.13. The van der Waals surface area contributed by atoms with E-state index < -0.39 is 5.91 Å². The van der Waals surface area contributed by atoms with Gasteiger partial charge >= 0.3 is 0 Å². The average molecular weight is 321 g/mol. The molecule has 0 saturated carbocycles. The highest BCUT2D eigenvalue weighted by molar-refractivity contribution is 8.00. The van der Waals surface area contributed by atoms with Crippen molar-refractivity contribution >= 4 is 40.9 Å². The second-order valence-electron chi connectivity index (χ2n) is 4.22. The highest BCUT2D eigenvalue weighted by atomic mass is 35.5. The number of hydrogen-bond acceptors (Lipinski definition) is 3. The second kappa shape index (κ2) is 7.15. The summed E-state index contributed by atoms with van der Waals surface area (Å²) in [6.07, 6.45) is 0. The van der Waals surface area contributed by atoms with Crippen molar-refractivity contribution in [3.63, 3.8) is 0 Å². The van der Waals surface area contributed by atoms with Crippen molar-refractivity contribution in [2.45, 2.75) is 4.90 Å². The molecule has 0 aliphatic heterocycles. The van der Waals surface area contributed by atoms with Crippen LogP contribution in [0.25, 0.3) is 0 Å². The monoisotopic (exact) mass is 320 g/mol. The molecule has 0 atom stereocenters. The molecule has 108 valence electrons. The van der Waals surface area contributed by atoms with E-state index in [1.165, 1.54) is 11.8 Å². The number of anilines is 1. The van der Waals surface area contributed by atoms with Gasteiger partial charge in [0, 0.05) is 15.5 Å². The maximum absolute atomic E-state index is 12.2. The molecule has 0 fully saturated rings. The SMILES string of the molecule is NC(=O)CSc1ccccc1NC(=O)c1cccc(Cl)c1. The number of benzene rings is 2. The Balaban J connectivity index is 2.15. The van der Waals surface area contributed by atoms with E-state index in [0.717, 1.165) is 4.90 Å². The summed E-state index contributed by atoms with van der Waals surface area (Å²) in [5.74, 6) is -0.509. The van der Waals surface area contributed by atoms with Crippen LogP contribution in [0.3, 0.4) is 0 Å². The first kappa shape index (κ1) is 15.4. The maximum Gasteiger partial charge on any atom is 0.255 e. The van der Waals surface area contributed by atoms with Crippen LogP contribution in [0.15, 0.2) is 53.4 Å². The Bertz CT molecular complexity index is 676. The fourth-order valence-electron chi connectivity index (χ4n) is 1.67. The Morgan fingerprint density at radius 2 is 1.90 bits per heavy atom. The van der Waals surface area contributed by atoms with Crippen LogP contribution in [0, 0.1) is 0 Å². The molecule has 0 aliphatic carbocycles. The van der Waals surface area contributed by atoms with Crippen molar-refractivity contribution in [3.05, 3.63) is 59.1 Å². The van der Waals surface area contributed by atoms with E-state index in [9.17, 15) is 9.59 Å². The van der Waals surface area contributed by atoms with Crippen molar-refractivity contribution in [2.24, 2.45) is 5.73 Å². The van der Waals surface area contributed by atoms with E-state index in [4.69, 9.17) is 17.3 Å². The molecule has 0 unspecified atom stereocenters. The summed E-state index contributed by atoms with van der Waals surface area (Å²) in [6.45, 7) is 0. The summed E-state index contributed by atoms with van der Waals surface area (Å²) in [4.78, 5) is 23.8. The smallest absolute Gasteiger partial charge is 0.255 e. The number of para-hydroxylation sites is 1. The molecule has 3 N–H and O–H groups in total. The van der Waals surface area contributed by atoms with Crippen LogP contribution in [0.1, 0.15) is 10.4 Å². The van der Waals surface area contributed by atoms with Gasteiger partial charge in [0.1, 0.15) is 0 Å². The van der Waals surface area contributed by atoms with Crippen LogP contribution >= 0.6 is 23.4 Å². The van der Waals surface area contributed by atoms with Crippen LogP contribution in [-0.2, 0) is 4.79 Å². The Hall–Kier alpha value is -1.98. The lowest BCUT2D eigenvalue weighted by Gasteiger charge is -2.10. The third-order valence-corrected chi connectivity index (χ3v) is 3.92. The summed E-state index contributed by atoms with van der Waals surface area (Å²) in [5.41, 5.74) is 6.24. The van der Waals surface area contributed by atoms with E-state index in [1.54, 1.807) is 30.3 Å². The van der Waals surface area contributed by atoms with Crippen LogP contribution in [0.5, 0.6) is 0 Å². The molecular weight excluding hydrogens is 308 g/mol. The number of nitrogens with two attached hydrogens (primary N) is 1. The Morgan fingerprint density at radius 3 is 2.62 bits per heavy atom. The summed E-state index contributed by atoms with van der Waals surface area (Å²) in [5, 5.41) is 3.31. The van der Waals surface area contributed by atoms with Crippen LogP contribution in [0.2, 0.25) is 5.02 Å². The molecule has 2 amide bonds. The van der Waals surface area contributed by atoms with Gasteiger partial charge in [0.25, 0.3) is 5.91 Å². The van der Waals surface area contributed by atoms with Crippen LogP contribution in [0.4, 0.5) is 5.69 Å². The molecule has 6 heteroatoms. The van der Waals surface area contributed by atoms with Gasteiger partial charge in [-0.05, 0) is 30.3 Å². The van der Waals surface area contributed by atoms with E-state index in [2.05, 4.69) is 5.32 Å². The Kier molecular flexibility index (Phi) is 5.25. The Morgan fingerprint density at radius 1 is 1.14 bits per heavy atom. The number of nitrogens with one attached hydrogen (secondary N) is 1. The molecular formula is C15H13ClN2O2S. The van der Waals surface area contributed by atoms with Gasteiger partial charge in [0.2, 0.25) is 5.91 Å². The minimum atomic E-state index is -0.407. The summed E-state index contributed by atoms with van der Waals surface area (Å²) in [6, 6.07) is 13.9. The molecule has 4 nitrogen and oxygen atoms in total. The molecule has 0 spiro atoms. The summed E-state index contributed by atoms with van der Waals surface area (Å²) < 4.78 is 0. The summed E-state index contributed by atoms with van der Waals surface area (Å²) >= 11 is 7.15. The second-order valence-corrected chi connectivity index (χ2v) is 5.67. The number of carbonyl (C=O) groups excluding carboxylic acids is 2. The lowest BCUT2D eigenvalue weighted by atomic mass is 10.2. The molecule has 2 aromatic rings. The van der Waals surface area contributed by atoms with Crippen molar-refractivity contribution in [1.29, 1.82) is 0 Å². The predicted molar refractivity (Wildman–Crippen MR) is 85.8 cm³/mol. The van der Waals surface area contributed by atoms with Gasteiger partial charge in [-0.1, -0.05) is 29.8 Å². The molecule has 0 aliphatic rings. The summed E-state index contributed by atoms with van der Waals surface area (Å²) in [7, 11) is 0. The zero-order chi connectivity index (χ0) is 15.2. The molecule has 0 bridgehead atoms. The standard InChI is InChI=1S/C15H13ClN2O2S/c16-11-5-3-4-10(8-11)15(20)18-12-6-1-2-7-13(12)21-9-14(17)19/h1-8H,9H2,(H2,17,19)(H,18,20). The van der Waals surface area contributed by atoms with Gasteiger partial charge in [-0.2, -0.15) is 0 Å². The topological polar surface area (TPSA) is 72.2 Å². The van der Waals surface area contributed by atoms with Gasteiger partial charge < -0.3 is 11.1 Å². The molecule has 0 aromatic heterocycles. The van der Waals surface area contributed by atoms with Crippen LogP contribution in [-0.4, -0.2) is 17.6 Å². The zero-order valence-corrected chi connectivity index (χ0v) is 12.6. The number of amides is 2. The van der Waals surface area contributed by atoms with E-state index in [-0.39, 0.29) is 11.7 Å². The largest absolute Gasteiger partial charge is 0.369 e. The van der Waals surface area contributed by atoms with Crippen molar-refractivity contribution in [2.75, 3.05) is 11.1 Å². The first-order chi connectivity index (χ1) is 10.1. The average Bonchev–Trinajstić information content (AvgIpc) is 2.46. The maximum atomic E-state index is 12.2. The van der Waals surface area contributed by atoms with E-state index in [0.29, 0.717) is 16.3 Å². The van der Waals surface area contributed by atoms with E-state index >= 15 is 0 Å². The van der Waals surface area contributed by atoms with Crippen molar-refractivity contribution in [3.8, 4) is 0 Å². The normalized spacial score (nSPS) is 10.1. The molecule has 0 radical (unpaired) electrons. The first-order valence-corrected chi connectivity index (χ1v) is 7.49. The molecule has 21 heavy (non-hydrogen) atoms. The molecule has 2 rings (SSSR count). The van der Waals surface area contributed by atoms with Crippen LogP contribution < -0.4 is 11.1 Å². The molecule has 0 heterocycles. The lowest BCUT2D eigenvalue weighted by molar-refractivity contribution is -0.115. The fourth-order valence-corrected chi connectivity index (χ4v) is 2.61.